The summed E-state index contributed by atoms with van der Waals surface area (Å²) in [6.07, 6.45) is 4.13. The van der Waals surface area contributed by atoms with Crippen LogP contribution in [0.4, 0.5) is 5.95 Å². The minimum atomic E-state index is -0.444. The zero-order valence-corrected chi connectivity index (χ0v) is 16.7. The molecule has 0 bridgehead atoms. The van der Waals surface area contributed by atoms with Gasteiger partial charge in [-0.15, -0.1) is 0 Å². The Morgan fingerprint density at radius 3 is 2.78 bits per heavy atom. The summed E-state index contributed by atoms with van der Waals surface area (Å²) in [6.45, 7) is 4.83. The van der Waals surface area contributed by atoms with Crippen LogP contribution in [-0.2, 0) is 9.53 Å². The van der Waals surface area contributed by atoms with E-state index < -0.39 is 5.41 Å². The molecule has 2 aliphatic rings. The lowest BCUT2D eigenvalue weighted by atomic mass is 9.78. The van der Waals surface area contributed by atoms with Gasteiger partial charge in [-0.1, -0.05) is 0 Å². The number of hydrogen-bond acceptors (Lipinski definition) is 6. The van der Waals surface area contributed by atoms with Crippen molar-refractivity contribution >= 4 is 17.8 Å². The van der Waals surface area contributed by atoms with Gasteiger partial charge in [-0.05, 0) is 26.2 Å². The lowest BCUT2D eigenvalue weighted by Gasteiger charge is -2.39. The number of likely N-dealkylation sites (tertiary alicyclic amines) is 2. The van der Waals surface area contributed by atoms with Crippen molar-refractivity contribution < 1.29 is 14.3 Å². The number of hydrogen-bond donors (Lipinski definition) is 0. The fourth-order valence-electron chi connectivity index (χ4n) is 4.04. The first kappa shape index (κ1) is 19.5. The normalized spacial score (nSPS) is 22.6. The maximum atomic E-state index is 13.0. The molecular formula is C19H29N5O3. The quantitative estimate of drug-likeness (QED) is 0.763. The lowest BCUT2D eigenvalue weighted by Crippen LogP contribution is -2.51. The fourth-order valence-corrected chi connectivity index (χ4v) is 4.04. The van der Waals surface area contributed by atoms with Crippen LogP contribution in [0.3, 0.4) is 0 Å². The molecule has 1 aromatic heterocycles. The van der Waals surface area contributed by atoms with E-state index in [1.165, 1.54) is 0 Å². The molecule has 2 aliphatic heterocycles. The van der Waals surface area contributed by atoms with E-state index in [1.54, 1.807) is 23.1 Å². The highest BCUT2D eigenvalue weighted by molar-refractivity contribution is 5.96. The third-order valence-corrected chi connectivity index (χ3v) is 5.63. The largest absolute Gasteiger partial charge is 0.383 e. The van der Waals surface area contributed by atoms with Crippen molar-refractivity contribution in [3.63, 3.8) is 0 Å². The van der Waals surface area contributed by atoms with Gasteiger partial charge in [0.25, 0.3) is 5.91 Å². The monoisotopic (exact) mass is 375 g/mol. The lowest BCUT2D eigenvalue weighted by molar-refractivity contribution is -0.146. The van der Waals surface area contributed by atoms with E-state index in [-0.39, 0.29) is 11.8 Å². The smallest absolute Gasteiger partial charge is 0.257 e. The number of rotatable bonds is 5. The van der Waals surface area contributed by atoms with E-state index in [4.69, 9.17) is 4.74 Å². The van der Waals surface area contributed by atoms with Gasteiger partial charge >= 0.3 is 0 Å². The van der Waals surface area contributed by atoms with Crippen LogP contribution >= 0.6 is 0 Å². The van der Waals surface area contributed by atoms with Gasteiger partial charge in [0.15, 0.2) is 0 Å². The van der Waals surface area contributed by atoms with Crippen LogP contribution < -0.4 is 4.90 Å². The fraction of sp³-hybridized carbons (Fsp3) is 0.684. The molecule has 148 valence electrons. The number of carbonyl (C=O) groups excluding carboxylic acids is 2. The summed E-state index contributed by atoms with van der Waals surface area (Å²) in [7, 11) is 5.38. The van der Waals surface area contributed by atoms with Gasteiger partial charge in [0.2, 0.25) is 11.9 Å². The highest BCUT2D eigenvalue weighted by Crippen LogP contribution is 2.40. The Kier molecular flexibility index (Phi) is 5.64. The molecule has 2 fully saturated rings. The Morgan fingerprint density at radius 2 is 2.11 bits per heavy atom. The van der Waals surface area contributed by atoms with Gasteiger partial charge in [0, 0.05) is 53.6 Å². The molecule has 1 atom stereocenters. The first-order valence-corrected chi connectivity index (χ1v) is 9.46. The van der Waals surface area contributed by atoms with Crippen molar-refractivity contribution in [2.75, 3.05) is 58.9 Å². The van der Waals surface area contributed by atoms with Crippen molar-refractivity contribution in [3.05, 3.63) is 17.5 Å². The van der Waals surface area contributed by atoms with E-state index in [0.29, 0.717) is 43.4 Å². The van der Waals surface area contributed by atoms with E-state index in [2.05, 4.69) is 9.97 Å². The summed E-state index contributed by atoms with van der Waals surface area (Å²) in [5.74, 6) is 0.659. The Hall–Kier alpha value is -2.22. The Balaban J connectivity index is 1.73. The summed E-state index contributed by atoms with van der Waals surface area (Å²) >= 11 is 0. The van der Waals surface area contributed by atoms with Crippen molar-refractivity contribution in [1.29, 1.82) is 0 Å². The van der Waals surface area contributed by atoms with E-state index >= 15 is 0 Å². The standard InChI is InChI=1S/C19H29N5O3/c1-14-15(12-20-18(21-14)22(2)3)16(25)24-9-7-19(13-24)6-5-8-23(17(19)26)10-11-27-4/h12H,5-11,13H2,1-4H3. The number of piperidine rings is 1. The first-order chi connectivity index (χ1) is 12.9. The van der Waals surface area contributed by atoms with E-state index in [9.17, 15) is 9.59 Å². The number of aromatic nitrogens is 2. The van der Waals surface area contributed by atoms with Crippen LogP contribution in [0.15, 0.2) is 6.20 Å². The number of anilines is 1. The topological polar surface area (TPSA) is 78.9 Å². The average Bonchev–Trinajstić information content (AvgIpc) is 3.07. The minimum absolute atomic E-state index is 0.0866. The van der Waals surface area contributed by atoms with Crippen molar-refractivity contribution in [1.82, 2.24) is 19.8 Å². The number of methoxy groups -OCH3 is 1. The number of amides is 2. The van der Waals surface area contributed by atoms with Crippen LogP contribution in [0.1, 0.15) is 35.3 Å². The summed E-state index contributed by atoms with van der Waals surface area (Å²) in [6, 6.07) is 0. The Bertz CT molecular complexity index is 723. The zero-order valence-electron chi connectivity index (χ0n) is 16.7. The second-order valence-corrected chi connectivity index (χ2v) is 7.71. The van der Waals surface area contributed by atoms with Crippen LogP contribution in [0.5, 0.6) is 0 Å². The third kappa shape index (κ3) is 3.76. The summed E-state index contributed by atoms with van der Waals surface area (Å²) in [5, 5.41) is 0. The molecule has 27 heavy (non-hydrogen) atoms. The molecule has 0 aliphatic carbocycles. The molecule has 3 rings (SSSR count). The zero-order chi connectivity index (χ0) is 19.6. The number of ether oxygens (including phenoxy) is 1. The third-order valence-electron chi connectivity index (χ3n) is 5.63. The summed E-state index contributed by atoms with van der Waals surface area (Å²) in [5.41, 5.74) is 0.730. The predicted molar refractivity (Wildman–Crippen MR) is 102 cm³/mol. The minimum Gasteiger partial charge on any atom is -0.383 e. The molecule has 1 unspecified atom stereocenters. The molecule has 0 N–H and O–H groups in total. The number of nitrogens with zero attached hydrogens (tertiary/aromatic N) is 5. The van der Waals surface area contributed by atoms with Crippen LogP contribution in [0.25, 0.3) is 0 Å². The molecule has 0 aromatic carbocycles. The second-order valence-electron chi connectivity index (χ2n) is 7.71. The molecule has 1 spiro atoms. The molecular weight excluding hydrogens is 346 g/mol. The van der Waals surface area contributed by atoms with Crippen LogP contribution in [0, 0.1) is 12.3 Å². The molecule has 0 saturated carbocycles. The van der Waals surface area contributed by atoms with E-state index in [1.807, 2.05) is 25.9 Å². The average molecular weight is 375 g/mol. The molecule has 1 aromatic rings. The maximum Gasteiger partial charge on any atom is 0.257 e. The number of aryl methyl sites for hydroxylation is 1. The summed E-state index contributed by atoms with van der Waals surface area (Å²) in [4.78, 5) is 40.2. The molecule has 8 heteroatoms. The second kappa shape index (κ2) is 7.80. The Labute approximate surface area is 160 Å². The number of carbonyl (C=O) groups is 2. The van der Waals surface area contributed by atoms with Crippen LogP contribution in [0.2, 0.25) is 0 Å². The molecule has 2 saturated heterocycles. The maximum absolute atomic E-state index is 13.0. The molecule has 8 nitrogen and oxygen atoms in total. The van der Waals surface area contributed by atoms with Crippen molar-refractivity contribution in [2.45, 2.75) is 26.2 Å². The van der Waals surface area contributed by atoms with Gasteiger partial charge in [0.05, 0.1) is 23.3 Å². The van der Waals surface area contributed by atoms with Gasteiger partial charge in [-0.2, -0.15) is 0 Å². The van der Waals surface area contributed by atoms with E-state index in [0.717, 1.165) is 25.8 Å². The first-order valence-electron chi connectivity index (χ1n) is 9.46. The van der Waals surface area contributed by atoms with Gasteiger partial charge in [-0.25, -0.2) is 9.97 Å². The van der Waals surface area contributed by atoms with Crippen molar-refractivity contribution in [2.24, 2.45) is 5.41 Å². The highest BCUT2D eigenvalue weighted by Gasteiger charge is 2.49. The van der Waals surface area contributed by atoms with Crippen LogP contribution in [-0.4, -0.2) is 85.6 Å². The van der Waals surface area contributed by atoms with Gasteiger partial charge in [-0.3, -0.25) is 9.59 Å². The summed E-state index contributed by atoms with van der Waals surface area (Å²) < 4.78 is 5.12. The predicted octanol–water partition coefficient (Wildman–Crippen LogP) is 0.952. The molecule has 3 heterocycles. The SMILES string of the molecule is COCCN1CCCC2(CCN(C(=O)c3cnc(N(C)C)nc3C)C2)C1=O. The Morgan fingerprint density at radius 1 is 1.33 bits per heavy atom. The molecule has 0 radical (unpaired) electrons. The highest BCUT2D eigenvalue weighted by atomic mass is 16.5. The molecule has 2 amide bonds. The van der Waals surface area contributed by atoms with Gasteiger partial charge in [0.1, 0.15) is 0 Å². The van der Waals surface area contributed by atoms with Crippen molar-refractivity contribution in [3.8, 4) is 0 Å². The van der Waals surface area contributed by atoms with Gasteiger partial charge < -0.3 is 19.4 Å².